The number of ketones is 1. The molecule has 0 aliphatic carbocycles. The monoisotopic (exact) mass is 469 g/mol. The smallest absolute Gasteiger partial charge is 0.270 e. The van der Waals surface area contributed by atoms with Crippen LogP contribution in [0.2, 0.25) is 0 Å². The maximum atomic E-state index is 12.9. The molecule has 2 N–H and O–H groups in total. The molecule has 5 rings (SSSR count). The minimum Gasteiger partial charge on any atom is -0.352 e. The Kier molecular flexibility index (Phi) is 7.02. The molecule has 0 atom stereocenters. The van der Waals surface area contributed by atoms with Crippen molar-refractivity contribution in [2.75, 3.05) is 13.1 Å². The molecule has 0 saturated carbocycles. The number of aromatic nitrogens is 4. The van der Waals surface area contributed by atoms with Crippen LogP contribution in [0.5, 0.6) is 0 Å². The van der Waals surface area contributed by atoms with Gasteiger partial charge in [-0.1, -0.05) is 19.3 Å². The average molecular weight is 470 g/mol. The summed E-state index contributed by atoms with van der Waals surface area (Å²) in [6, 6.07) is 11.5. The lowest BCUT2D eigenvalue weighted by atomic mass is 9.91. The summed E-state index contributed by atoms with van der Waals surface area (Å²) in [6.45, 7) is 1.61. The Morgan fingerprint density at radius 1 is 0.914 bits per heavy atom. The Labute approximate surface area is 205 Å². The van der Waals surface area contributed by atoms with Crippen LogP contribution in [0.1, 0.15) is 65.9 Å². The standard InChI is InChI=1S/C28H31N5O2/c34-27(26-17-22-19-30-14-10-24(22)32-26)7-3-1-2-5-20-11-15-33(16-12-20)28(35)25-9-8-23(31-25)21-6-4-13-29-18-21/h4,6,8-10,13-14,17-20,31-32H,1-3,5,7,11-12,15-16H2. The van der Waals surface area contributed by atoms with Gasteiger partial charge in [0.05, 0.1) is 5.69 Å². The fourth-order valence-electron chi connectivity index (χ4n) is 4.96. The van der Waals surface area contributed by atoms with Crippen LogP contribution >= 0.6 is 0 Å². The van der Waals surface area contributed by atoms with Crippen molar-refractivity contribution in [2.45, 2.75) is 44.9 Å². The van der Waals surface area contributed by atoms with Crippen molar-refractivity contribution < 1.29 is 9.59 Å². The summed E-state index contributed by atoms with van der Waals surface area (Å²) in [6.07, 6.45) is 14.0. The lowest BCUT2D eigenvalue weighted by molar-refractivity contribution is 0.0680. The molecule has 0 unspecified atom stereocenters. The van der Waals surface area contributed by atoms with Crippen LogP contribution in [0.3, 0.4) is 0 Å². The van der Waals surface area contributed by atoms with Gasteiger partial charge in [0.1, 0.15) is 5.69 Å². The Bertz CT molecular complexity index is 1250. The molecule has 1 amide bonds. The van der Waals surface area contributed by atoms with Gasteiger partial charge in [0.25, 0.3) is 5.91 Å². The summed E-state index contributed by atoms with van der Waals surface area (Å²) in [4.78, 5) is 42.1. The number of nitrogens with zero attached hydrogens (tertiary/aromatic N) is 3. The minimum atomic E-state index is 0.0739. The largest absolute Gasteiger partial charge is 0.352 e. The number of rotatable bonds is 9. The highest BCUT2D eigenvalue weighted by atomic mass is 16.2. The van der Waals surface area contributed by atoms with Gasteiger partial charge in [0.2, 0.25) is 0 Å². The van der Waals surface area contributed by atoms with E-state index in [1.165, 1.54) is 6.42 Å². The van der Waals surface area contributed by atoms with E-state index in [-0.39, 0.29) is 11.7 Å². The zero-order valence-electron chi connectivity index (χ0n) is 19.9. The van der Waals surface area contributed by atoms with Gasteiger partial charge in [0, 0.05) is 66.5 Å². The molecule has 0 spiro atoms. The van der Waals surface area contributed by atoms with E-state index in [1.807, 2.05) is 41.3 Å². The number of hydrogen-bond donors (Lipinski definition) is 2. The summed E-state index contributed by atoms with van der Waals surface area (Å²) in [5, 5.41) is 0.978. The second kappa shape index (κ2) is 10.7. The van der Waals surface area contributed by atoms with Gasteiger partial charge < -0.3 is 14.9 Å². The maximum Gasteiger partial charge on any atom is 0.270 e. The number of likely N-dealkylation sites (tertiary alicyclic amines) is 1. The molecule has 35 heavy (non-hydrogen) atoms. The van der Waals surface area contributed by atoms with Gasteiger partial charge in [-0.25, -0.2) is 0 Å². The fraction of sp³-hybridized carbons (Fsp3) is 0.357. The maximum absolute atomic E-state index is 12.9. The number of Topliss-reactive ketones (excluding diaryl/α,β-unsaturated/α-hetero) is 1. The van der Waals surface area contributed by atoms with Crippen LogP contribution < -0.4 is 0 Å². The zero-order valence-corrected chi connectivity index (χ0v) is 19.9. The minimum absolute atomic E-state index is 0.0739. The highest BCUT2D eigenvalue weighted by Crippen LogP contribution is 2.25. The molecule has 0 aromatic carbocycles. The van der Waals surface area contributed by atoms with Crippen molar-refractivity contribution in [3.8, 4) is 11.3 Å². The van der Waals surface area contributed by atoms with Gasteiger partial charge in [-0.05, 0) is 61.6 Å². The second-order valence-corrected chi connectivity index (χ2v) is 9.43. The molecule has 7 heteroatoms. The molecular weight excluding hydrogens is 438 g/mol. The summed E-state index contributed by atoms with van der Waals surface area (Å²) in [5.41, 5.74) is 4.16. The number of H-pyrrole nitrogens is 2. The lowest BCUT2D eigenvalue weighted by Crippen LogP contribution is -2.38. The Balaban J connectivity index is 1.01. The molecule has 1 aliphatic rings. The van der Waals surface area contributed by atoms with E-state index in [1.54, 1.807) is 24.8 Å². The topological polar surface area (TPSA) is 94.7 Å². The van der Waals surface area contributed by atoms with Crippen molar-refractivity contribution in [1.29, 1.82) is 0 Å². The molecule has 0 bridgehead atoms. The molecule has 7 nitrogen and oxygen atoms in total. The molecule has 0 radical (unpaired) electrons. The summed E-state index contributed by atoms with van der Waals surface area (Å²) >= 11 is 0. The van der Waals surface area contributed by atoms with Crippen molar-refractivity contribution in [3.05, 3.63) is 72.6 Å². The molecule has 1 aliphatic heterocycles. The number of fused-ring (bicyclic) bond motifs is 1. The Morgan fingerprint density at radius 2 is 1.77 bits per heavy atom. The number of unbranched alkanes of at least 4 members (excludes halogenated alkanes) is 2. The van der Waals surface area contributed by atoms with E-state index >= 15 is 0 Å². The number of pyridine rings is 2. The van der Waals surface area contributed by atoms with Crippen molar-refractivity contribution in [1.82, 2.24) is 24.8 Å². The normalized spacial score (nSPS) is 14.5. The SMILES string of the molecule is O=C(CCCCCC1CCN(C(=O)c2ccc(-c3cccnc3)[nH]2)CC1)c1cc2cnccc2[nH]1. The van der Waals surface area contributed by atoms with E-state index in [0.29, 0.717) is 23.7 Å². The van der Waals surface area contributed by atoms with Gasteiger partial charge in [0.15, 0.2) is 5.78 Å². The van der Waals surface area contributed by atoms with Crippen LogP contribution in [0.4, 0.5) is 0 Å². The molecule has 1 saturated heterocycles. The Morgan fingerprint density at radius 3 is 2.57 bits per heavy atom. The Hall–Kier alpha value is -3.74. The number of amides is 1. The summed E-state index contributed by atoms with van der Waals surface area (Å²) in [7, 11) is 0. The highest BCUT2D eigenvalue weighted by molar-refractivity contribution is 5.99. The van der Waals surface area contributed by atoms with Crippen molar-refractivity contribution in [3.63, 3.8) is 0 Å². The van der Waals surface area contributed by atoms with Crippen molar-refractivity contribution in [2.24, 2.45) is 5.92 Å². The van der Waals surface area contributed by atoms with Crippen molar-refractivity contribution >= 4 is 22.6 Å². The number of carbonyl (C=O) groups is 2. The van der Waals surface area contributed by atoms with E-state index in [9.17, 15) is 9.59 Å². The molecule has 180 valence electrons. The van der Waals surface area contributed by atoms with Gasteiger partial charge >= 0.3 is 0 Å². The third-order valence-corrected chi connectivity index (χ3v) is 7.03. The van der Waals surface area contributed by atoms with E-state index in [2.05, 4.69) is 19.9 Å². The van der Waals surface area contributed by atoms with Crippen LogP contribution in [0.15, 0.2) is 61.2 Å². The summed E-state index contributed by atoms with van der Waals surface area (Å²) < 4.78 is 0. The fourth-order valence-corrected chi connectivity index (χ4v) is 4.96. The van der Waals surface area contributed by atoms with E-state index in [4.69, 9.17) is 0 Å². The number of aromatic amines is 2. The van der Waals surface area contributed by atoms with E-state index in [0.717, 1.165) is 67.4 Å². The van der Waals surface area contributed by atoms with Crippen LogP contribution in [0.25, 0.3) is 22.2 Å². The molecule has 4 aromatic heterocycles. The number of piperidine rings is 1. The molecule has 5 heterocycles. The third-order valence-electron chi connectivity index (χ3n) is 7.03. The second-order valence-electron chi connectivity index (χ2n) is 9.43. The predicted octanol–water partition coefficient (Wildman–Crippen LogP) is 5.64. The summed E-state index contributed by atoms with van der Waals surface area (Å²) in [5.74, 6) is 0.902. The first kappa shape index (κ1) is 23.0. The number of hydrogen-bond acceptors (Lipinski definition) is 4. The number of carbonyl (C=O) groups excluding carboxylic acids is 2. The quantitative estimate of drug-likeness (QED) is 0.245. The first-order valence-electron chi connectivity index (χ1n) is 12.5. The van der Waals surface area contributed by atoms with E-state index < -0.39 is 0 Å². The van der Waals surface area contributed by atoms with Gasteiger partial charge in [-0.15, -0.1) is 0 Å². The van der Waals surface area contributed by atoms with Gasteiger partial charge in [-0.2, -0.15) is 0 Å². The zero-order chi connectivity index (χ0) is 24.0. The number of nitrogens with one attached hydrogen (secondary N) is 2. The first-order valence-corrected chi connectivity index (χ1v) is 12.5. The van der Waals surface area contributed by atoms with Crippen LogP contribution in [0, 0.1) is 5.92 Å². The molecule has 1 fully saturated rings. The predicted molar refractivity (Wildman–Crippen MR) is 136 cm³/mol. The van der Waals surface area contributed by atoms with Gasteiger partial charge in [-0.3, -0.25) is 19.6 Å². The molecule has 4 aromatic rings. The molecular formula is C28H31N5O2. The van der Waals surface area contributed by atoms with Crippen LogP contribution in [-0.4, -0.2) is 49.6 Å². The highest BCUT2D eigenvalue weighted by Gasteiger charge is 2.24. The first-order chi connectivity index (χ1) is 17.2. The lowest BCUT2D eigenvalue weighted by Gasteiger charge is -2.31. The third kappa shape index (κ3) is 5.50. The average Bonchev–Trinajstić information content (AvgIpc) is 3.57. The van der Waals surface area contributed by atoms with Crippen LogP contribution in [-0.2, 0) is 0 Å².